The maximum absolute atomic E-state index is 14.9. The molecule has 0 saturated carbocycles. The summed E-state index contributed by atoms with van der Waals surface area (Å²) < 4.78 is 14.9. The molecule has 0 amide bonds. The van der Waals surface area contributed by atoms with Crippen LogP contribution < -0.4 is 15.9 Å². The third-order valence-electron chi connectivity index (χ3n) is 9.84. The van der Waals surface area contributed by atoms with E-state index < -0.39 is 7.14 Å². The van der Waals surface area contributed by atoms with Crippen LogP contribution in [0.15, 0.2) is 206 Å². The van der Waals surface area contributed by atoms with Gasteiger partial charge in [-0.1, -0.05) is 200 Å². The third-order valence-corrected chi connectivity index (χ3v) is 12.9. The van der Waals surface area contributed by atoms with Gasteiger partial charge in [0, 0.05) is 32.6 Å². The number of hydrogen-bond donors (Lipinski definition) is 0. The second-order valence-corrected chi connectivity index (χ2v) is 16.0. The molecule has 1 heterocycles. The number of hydrogen-bond acceptors (Lipinski definition) is 4. The van der Waals surface area contributed by atoms with Crippen molar-refractivity contribution >= 4 is 33.8 Å². The van der Waals surface area contributed by atoms with Gasteiger partial charge in [-0.2, -0.15) is 0 Å². The molecule has 0 saturated heterocycles. The molecule has 0 fully saturated rings. The third kappa shape index (κ3) is 6.34. The number of fused-ring (bicyclic) bond motifs is 1. The molecule has 256 valence electrons. The number of nitrogens with zero attached hydrogens (tertiary/aromatic N) is 3. The van der Waals surface area contributed by atoms with E-state index in [4.69, 9.17) is 15.0 Å². The van der Waals surface area contributed by atoms with Gasteiger partial charge >= 0.3 is 0 Å². The smallest absolute Gasteiger partial charge is 0.171 e. The molecule has 8 aromatic carbocycles. The van der Waals surface area contributed by atoms with Crippen molar-refractivity contribution in [2.24, 2.45) is 0 Å². The molecule has 0 N–H and O–H groups in total. The maximum atomic E-state index is 14.9. The molecule has 0 aliphatic rings. The fourth-order valence-electron chi connectivity index (χ4n) is 7.03. The Hall–Kier alpha value is -6.74. The molecule has 9 aromatic rings. The van der Waals surface area contributed by atoms with Crippen LogP contribution in [-0.2, 0) is 4.57 Å². The predicted octanol–water partition coefficient (Wildman–Crippen LogP) is 11.0. The van der Waals surface area contributed by atoms with Gasteiger partial charge in [0.15, 0.2) is 24.6 Å². The summed E-state index contributed by atoms with van der Waals surface area (Å²) in [6.45, 7) is 0. The Bertz CT molecular complexity index is 2650. The van der Waals surface area contributed by atoms with Gasteiger partial charge < -0.3 is 4.57 Å². The monoisotopic (exact) mass is 711 g/mol. The van der Waals surface area contributed by atoms with Crippen molar-refractivity contribution in [2.45, 2.75) is 0 Å². The average molecular weight is 712 g/mol. The molecular weight excluding hydrogens is 678 g/mol. The van der Waals surface area contributed by atoms with Gasteiger partial charge in [0.2, 0.25) is 0 Å². The van der Waals surface area contributed by atoms with Crippen LogP contribution in [0.4, 0.5) is 0 Å². The molecule has 0 atom stereocenters. The highest BCUT2D eigenvalue weighted by molar-refractivity contribution is 7.85. The Morgan fingerprint density at radius 2 is 0.722 bits per heavy atom. The highest BCUT2D eigenvalue weighted by Gasteiger charge is 2.29. The second kappa shape index (κ2) is 14.4. The summed E-state index contributed by atoms with van der Waals surface area (Å²) in [4.78, 5) is 14.7. The molecule has 0 unspecified atom stereocenters. The molecule has 0 spiro atoms. The van der Waals surface area contributed by atoms with Gasteiger partial charge in [-0.05, 0) is 39.1 Å². The number of rotatable bonds is 8. The summed E-state index contributed by atoms with van der Waals surface area (Å²) in [5.41, 5.74) is 7.20. The predicted molar refractivity (Wildman–Crippen MR) is 224 cm³/mol. The zero-order valence-corrected chi connectivity index (χ0v) is 30.2. The Balaban J connectivity index is 1.06. The van der Waals surface area contributed by atoms with Crippen LogP contribution in [-0.4, -0.2) is 15.0 Å². The largest absolute Gasteiger partial charge is 0.309 e. The quantitative estimate of drug-likeness (QED) is 0.147. The lowest BCUT2D eigenvalue weighted by molar-refractivity contribution is 0.592. The summed E-state index contributed by atoms with van der Waals surface area (Å²) in [7, 11) is -3.05. The van der Waals surface area contributed by atoms with E-state index in [1.807, 2.05) is 133 Å². The van der Waals surface area contributed by atoms with Crippen molar-refractivity contribution in [3.05, 3.63) is 206 Å². The Morgan fingerprint density at radius 1 is 0.315 bits per heavy atom. The minimum atomic E-state index is -3.05. The van der Waals surface area contributed by atoms with Gasteiger partial charge in [0.25, 0.3) is 0 Å². The molecule has 0 radical (unpaired) electrons. The molecule has 1 aromatic heterocycles. The van der Waals surface area contributed by atoms with Crippen molar-refractivity contribution in [2.75, 3.05) is 0 Å². The lowest BCUT2D eigenvalue weighted by Gasteiger charge is -2.20. The molecule has 5 heteroatoms. The highest BCUT2D eigenvalue weighted by Crippen LogP contribution is 2.43. The fourth-order valence-corrected chi connectivity index (χ4v) is 9.67. The van der Waals surface area contributed by atoms with Crippen LogP contribution in [0.5, 0.6) is 0 Å². The first-order valence-corrected chi connectivity index (χ1v) is 19.7. The molecule has 0 aliphatic heterocycles. The van der Waals surface area contributed by atoms with Crippen LogP contribution in [0, 0.1) is 0 Å². The SMILES string of the molecule is O=P(c1ccccc1)(c1ccccc1)c1ccc(-c2ccc3cccc(-c4ccc(-c5nc(-c6ccccc6)nc(-c6ccccc6)n5)cc4)c3c2)cc1. The standard InChI is InChI=1S/C49H34N3OP/c53-54(42-19-9-3-10-20-42,43-21-11-4-12-22-43)44-32-30-35(31-33-44)41-29-26-36-18-13-23-45(46(36)34-41)37-24-27-40(28-25-37)49-51-47(38-14-5-1-6-15-38)50-48(52-49)39-16-7-2-8-17-39/h1-34H. The first kappa shape index (κ1) is 33.1. The van der Waals surface area contributed by atoms with Crippen LogP contribution >= 0.6 is 7.14 Å². The van der Waals surface area contributed by atoms with E-state index in [-0.39, 0.29) is 0 Å². The lowest BCUT2D eigenvalue weighted by atomic mass is 9.94. The molecular formula is C49H34N3OP. The van der Waals surface area contributed by atoms with Crippen molar-refractivity contribution in [3.63, 3.8) is 0 Å². The van der Waals surface area contributed by atoms with E-state index in [1.165, 1.54) is 0 Å². The second-order valence-electron chi connectivity index (χ2n) is 13.2. The van der Waals surface area contributed by atoms with Gasteiger partial charge in [0.1, 0.15) is 0 Å². The topological polar surface area (TPSA) is 55.7 Å². The van der Waals surface area contributed by atoms with E-state index in [2.05, 4.69) is 72.8 Å². The lowest BCUT2D eigenvalue weighted by Crippen LogP contribution is -2.24. The van der Waals surface area contributed by atoms with Crippen LogP contribution in [0.1, 0.15) is 0 Å². The Labute approximate surface area is 314 Å². The highest BCUT2D eigenvalue weighted by atomic mass is 31.2. The van der Waals surface area contributed by atoms with E-state index in [9.17, 15) is 4.57 Å². The summed E-state index contributed by atoms with van der Waals surface area (Å²) in [5, 5.41) is 4.79. The normalized spacial score (nSPS) is 11.4. The first-order valence-electron chi connectivity index (χ1n) is 18.0. The van der Waals surface area contributed by atoms with Gasteiger partial charge in [0.05, 0.1) is 0 Å². The van der Waals surface area contributed by atoms with Gasteiger partial charge in [-0.15, -0.1) is 0 Å². The summed E-state index contributed by atoms with van der Waals surface area (Å²) in [5.74, 6) is 1.91. The molecule has 0 aliphatic carbocycles. The first-order chi connectivity index (χ1) is 26.6. The summed E-state index contributed by atoms with van der Waals surface area (Å²) >= 11 is 0. The number of aromatic nitrogens is 3. The van der Waals surface area contributed by atoms with Crippen molar-refractivity contribution in [3.8, 4) is 56.4 Å². The van der Waals surface area contributed by atoms with E-state index >= 15 is 0 Å². The van der Waals surface area contributed by atoms with Gasteiger partial charge in [-0.3, -0.25) is 0 Å². The van der Waals surface area contributed by atoms with Crippen LogP contribution in [0.2, 0.25) is 0 Å². The Morgan fingerprint density at radius 3 is 1.24 bits per heavy atom. The van der Waals surface area contributed by atoms with Crippen LogP contribution in [0.25, 0.3) is 67.2 Å². The zero-order valence-electron chi connectivity index (χ0n) is 29.3. The zero-order chi connectivity index (χ0) is 36.3. The van der Waals surface area contributed by atoms with Crippen molar-refractivity contribution in [1.29, 1.82) is 0 Å². The van der Waals surface area contributed by atoms with Gasteiger partial charge in [-0.25, -0.2) is 15.0 Å². The van der Waals surface area contributed by atoms with E-state index in [0.717, 1.165) is 65.6 Å². The minimum Gasteiger partial charge on any atom is -0.309 e. The summed E-state index contributed by atoms with van der Waals surface area (Å²) in [6.07, 6.45) is 0. The fraction of sp³-hybridized carbons (Fsp3) is 0. The maximum Gasteiger partial charge on any atom is 0.171 e. The number of benzene rings is 8. The average Bonchev–Trinajstić information content (AvgIpc) is 3.27. The van der Waals surface area contributed by atoms with Crippen LogP contribution in [0.3, 0.4) is 0 Å². The molecule has 0 bridgehead atoms. The minimum absolute atomic E-state index is 0.627. The molecule has 54 heavy (non-hydrogen) atoms. The summed E-state index contributed by atoms with van der Waals surface area (Å²) in [6, 6.07) is 69.4. The van der Waals surface area contributed by atoms with E-state index in [1.54, 1.807) is 0 Å². The van der Waals surface area contributed by atoms with E-state index in [0.29, 0.717) is 17.5 Å². The molecule has 4 nitrogen and oxygen atoms in total. The van der Waals surface area contributed by atoms with Crippen molar-refractivity contribution in [1.82, 2.24) is 15.0 Å². The Kier molecular flexibility index (Phi) is 8.80. The molecule has 9 rings (SSSR count). The van der Waals surface area contributed by atoms with Crippen molar-refractivity contribution < 1.29 is 4.57 Å².